The number of rotatable bonds is 6. The summed E-state index contributed by atoms with van der Waals surface area (Å²) in [6, 6.07) is 14.7. The first-order chi connectivity index (χ1) is 11.9. The zero-order chi connectivity index (χ0) is 17.9. The number of nitrogens with one attached hydrogen (secondary N) is 1. The molecular formula is C18H20N2O4S. The Morgan fingerprint density at radius 1 is 1.20 bits per heavy atom. The Morgan fingerprint density at radius 2 is 1.96 bits per heavy atom. The molecule has 1 N–H and O–H groups in total. The lowest BCUT2D eigenvalue weighted by molar-refractivity contribution is -0.116. The van der Waals surface area contributed by atoms with Crippen molar-refractivity contribution in [2.24, 2.45) is 0 Å². The molecule has 1 heterocycles. The predicted octanol–water partition coefficient (Wildman–Crippen LogP) is 2.42. The van der Waals surface area contributed by atoms with Gasteiger partial charge in [-0.15, -0.1) is 0 Å². The molecule has 7 heteroatoms. The number of hydrogen-bond donors (Lipinski definition) is 1. The monoisotopic (exact) mass is 360 g/mol. The number of para-hydroxylation sites is 1. The predicted molar refractivity (Wildman–Crippen MR) is 97.5 cm³/mol. The van der Waals surface area contributed by atoms with Gasteiger partial charge in [-0.25, -0.2) is 8.42 Å². The van der Waals surface area contributed by atoms with Crippen LogP contribution in [-0.2, 0) is 21.2 Å². The standard InChI is InChI=1S/C18H20N2O4S/c1-25(22,23)20-11-9-14-7-8-15(13-17(14)20)19-18(21)10-12-24-16-5-3-2-4-6-16/h2-8,13H,9-12H2,1H3,(H,19,21). The van der Waals surface area contributed by atoms with Crippen LogP contribution in [0.4, 0.5) is 11.4 Å². The zero-order valence-electron chi connectivity index (χ0n) is 13.9. The molecule has 132 valence electrons. The van der Waals surface area contributed by atoms with Crippen molar-refractivity contribution >= 4 is 27.3 Å². The molecule has 2 aromatic carbocycles. The minimum atomic E-state index is -3.31. The number of ether oxygens (including phenoxy) is 1. The summed E-state index contributed by atoms with van der Waals surface area (Å²) in [6.07, 6.45) is 2.08. The number of anilines is 2. The number of hydrogen-bond acceptors (Lipinski definition) is 4. The van der Waals surface area contributed by atoms with Crippen molar-refractivity contribution in [1.82, 2.24) is 0 Å². The summed E-state index contributed by atoms with van der Waals surface area (Å²) < 4.78 is 30.5. The molecule has 0 radical (unpaired) electrons. The van der Waals surface area contributed by atoms with Crippen molar-refractivity contribution in [3.63, 3.8) is 0 Å². The first-order valence-corrected chi connectivity index (χ1v) is 9.87. The van der Waals surface area contributed by atoms with E-state index in [2.05, 4.69) is 5.32 Å². The van der Waals surface area contributed by atoms with Crippen LogP contribution in [0.3, 0.4) is 0 Å². The molecule has 0 unspecified atom stereocenters. The Bertz CT molecular complexity index is 866. The molecular weight excluding hydrogens is 340 g/mol. The van der Waals surface area contributed by atoms with Crippen molar-refractivity contribution in [3.05, 3.63) is 54.1 Å². The molecule has 2 aromatic rings. The van der Waals surface area contributed by atoms with E-state index in [4.69, 9.17) is 4.74 Å². The van der Waals surface area contributed by atoms with Crippen LogP contribution >= 0.6 is 0 Å². The lowest BCUT2D eigenvalue weighted by Gasteiger charge is -2.17. The third-order valence-corrected chi connectivity index (χ3v) is 5.14. The molecule has 0 fully saturated rings. The molecule has 0 aromatic heterocycles. The van der Waals surface area contributed by atoms with Crippen LogP contribution in [0.25, 0.3) is 0 Å². The van der Waals surface area contributed by atoms with Gasteiger partial charge in [0.15, 0.2) is 0 Å². The molecule has 0 atom stereocenters. The number of amides is 1. The van der Waals surface area contributed by atoms with Crippen LogP contribution in [0, 0.1) is 0 Å². The highest BCUT2D eigenvalue weighted by Gasteiger charge is 2.26. The topological polar surface area (TPSA) is 75.7 Å². The molecule has 1 aliphatic rings. The van der Waals surface area contributed by atoms with Crippen LogP contribution in [0.5, 0.6) is 5.75 Å². The van der Waals surface area contributed by atoms with Gasteiger partial charge in [-0.3, -0.25) is 9.10 Å². The average molecular weight is 360 g/mol. The number of benzene rings is 2. The van der Waals surface area contributed by atoms with E-state index in [-0.39, 0.29) is 18.9 Å². The third-order valence-electron chi connectivity index (χ3n) is 3.96. The lowest BCUT2D eigenvalue weighted by atomic mass is 10.1. The average Bonchev–Trinajstić information content (AvgIpc) is 2.99. The van der Waals surface area contributed by atoms with Gasteiger partial charge in [0, 0.05) is 12.2 Å². The van der Waals surface area contributed by atoms with Crippen molar-refractivity contribution in [2.45, 2.75) is 12.8 Å². The lowest BCUT2D eigenvalue weighted by Crippen LogP contribution is -2.27. The van der Waals surface area contributed by atoms with Gasteiger partial charge in [0.1, 0.15) is 5.75 Å². The fourth-order valence-electron chi connectivity index (χ4n) is 2.77. The van der Waals surface area contributed by atoms with Gasteiger partial charge < -0.3 is 10.1 Å². The van der Waals surface area contributed by atoms with Gasteiger partial charge in [-0.1, -0.05) is 24.3 Å². The van der Waals surface area contributed by atoms with Gasteiger partial charge in [0.2, 0.25) is 15.9 Å². The number of fused-ring (bicyclic) bond motifs is 1. The molecule has 0 spiro atoms. The summed E-state index contributed by atoms with van der Waals surface area (Å²) in [5.74, 6) is 0.538. The fraction of sp³-hybridized carbons (Fsp3) is 0.278. The number of carbonyl (C=O) groups excluding carboxylic acids is 1. The highest BCUT2D eigenvalue weighted by atomic mass is 32.2. The molecule has 0 bridgehead atoms. The summed E-state index contributed by atoms with van der Waals surface area (Å²) in [7, 11) is -3.31. The highest BCUT2D eigenvalue weighted by molar-refractivity contribution is 7.92. The molecule has 1 aliphatic heterocycles. The molecule has 0 saturated heterocycles. The minimum absolute atomic E-state index is 0.181. The van der Waals surface area contributed by atoms with Gasteiger partial charge in [-0.05, 0) is 36.2 Å². The van der Waals surface area contributed by atoms with E-state index < -0.39 is 10.0 Å². The van der Waals surface area contributed by atoms with Gasteiger partial charge >= 0.3 is 0 Å². The fourth-order valence-corrected chi connectivity index (χ4v) is 3.72. The number of carbonyl (C=O) groups is 1. The highest BCUT2D eigenvalue weighted by Crippen LogP contribution is 2.32. The second kappa shape index (κ2) is 7.14. The van der Waals surface area contributed by atoms with Gasteiger partial charge in [-0.2, -0.15) is 0 Å². The Labute approximate surface area is 147 Å². The van der Waals surface area contributed by atoms with E-state index >= 15 is 0 Å². The van der Waals surface area contributed by atoms with Crippen LogP contribution in [0.1, 0.15) is 12.0 Å². The number of sulfonamides is 1. The van der Waals surface area contributed by atoms with Crippen molar-refractivity contribution in [3.8, 4) is 5.75 Å². The van der Waals surface area contributed by atoms with Crippen molar-refractivity contribution < 1.29 is 17.9 Å². The normalized spacial score (nSPS) is 13.4. The Morgan fingerprint density at radius 3 is 2.68 bits per heavy atom. The maximum absolute atomic E-state index is 12.1. The molecule has 25 heavy (non-hydrogen) atoms. The van der Waals surface area contributed by atoms with Crippen LogP contribution in [0.15, 0.2) is 48.5 Å². The molecule has 3 rings (SSSR count). The van der Waals surface area contributed by atoms with Crippen molar-refractivity contribution in [2.75, 3.05) is 29.0 Å². The molecule has 0 saturated carbocycles. The Hall–Kier alpha value is -2.54. The van der Waals surface area contributed by atoms with Gasteiger partial charge in [0.25, 0.3) is 0 Å². The molecule has 1 amide bonds. The van der Waals surface area contributed by atoms with E-state index in [1.807, 2.05) is 36.4 Å². The quantitative estimate of drug-likeness (QED) is 0.858. The maximum Gasteiger partial charge on any atom is 0.232 e. The van der Waals surface area contributed by atoms with E-state index in [0.717, 1.165) is 11.3 Å². The number of nitrogens with zero attached hydrogens (tertiary/aromatic N) is 1. The summed E-state index contributed by atoms with van der Waals surface area (Å²) in [5.41, 5.74) is 2.19. The van der Waals surface area contributed by atoms with E-state index in [0.29, 0.717) is 24.3 Å². The Balaban J connectivity index is 1.59. The first kappa shape index (κ1) is 17.3. The SMILES string of the molecule is CS(=O)(=O)N1CCc2ccc(NC(=O)CCOc3ccccc3)cc21. The second-order valence-electron chi connectivity index (χ2n) is 5.89. The smallest absolute Gasteiger partial charge is 0.232 e. The van der Waals surface area contributed by atoms with Crippen molar-refractivity contribution in [1.29, 1.82) is 0 Å². The van der Waals surface area contributed by atoms with E-state index in [1.165, 1.54) is 10.6 Å². The van der Waals surface area contributed by atoms with E-state index in [1.54, 1.807) is 12.1 Å². The largest absolute Gasteiger partial charge is 0.493 e. The summed E-state index contributed by atoms with van der Waals surface area (Å²) in [6.45, 7) is 0.715. The summed E-state index contributed by atoms with van der Waals surface area (Å²) in [5, 5.41) is 2.79. The van der Waals surface area contributed by atoms with Crippen LogP contribution in [-0.4, -0.2) is 33.7 Å². The van der Waals surface area contributed by atoms with E-state index in [9.17, 15) is 13.2 Å². The first-order valence-electron chi connectivity index (χ1n) is 8.02. The van der Waals surface area contributed by atoms with Crippen LogP contribution < -0.4 is 14.4 Å². The minimum Gasteiger partial charge on any atom is -0.493 e. The van der Waals surface area contributed by atoms with Crippen LogP contribution in [0.2, 0.25) is 0 Å². The maximum atomic E-state index is 12.1. The summed E-state index contributed by atoms with van der Waals surface area (Å²) in [4.78, 5) is 12.1. The zero-order valence-corrected chi connectivity index (χ0v) is 14.8. The van der Waals surface area contributed by atoms with Gasteiger partial charge in [0.05, 0.1) is 25.0 Å². The Kier molecular flexibility index (Phi) is 4.94. The second-order valence-corrected chi connectivity index (χ2v) is 7.80. The third kappa shape index (κ3) is 4.30. The molecule has 6 nitrogen and oxygen atoms in total. The molecule has 0 aliphatic carbocycles. The summed E-state index contributed by atoms with van der Waals surface area (Å²) >= 11 is 0.